The highest BCUT2D eigenvalue weighted by atomic mass is 32.1. The topological polar surface area (TPSA) is 94.7 Å². The molecule has 3 heterocycles. The van der Waals surface area contributed by atoms with E-state index in [1.54, 1.807) is 18.5 Å². The van der Waals surface area contributed by atoms with E-state index in [0.29, 0.717) is 15.9 Å². The Kier molecular flexibility index (Phi) is 4.51. The Morgan fingerprint density at radius 2 is 2.11 bits per heavy atom. The Balaban J connectivity index is 1.53. The molecule has 1 amide bonds. The van der Waals surface area contributed by atoms with Gasteiger partial charge in [-0.15, -0.1) is 21.5 Å². The van der Waals surface area contributed by atoms with E-state index in [9.17, 15) is 9.59 Å². The van der Waals surface area contributed by atoms with E-state index < -0.39 is 0 Å². The summed E-state index contributed by atoms with van der Waals surface area (Å²) in [4.78, 5) is 29.7. The number of aromatic nitrogens is 5. The predicted molar refractivity (Wildman–Crippen MR) is 104 cm³/mol. The summed E-state index contributed by atoms with van der Waals surface area (Å²) >= 11 is 1.40. The number of carbonyl (C=O) groups excluding carboxylic acids is 1. The van der Waals surface area contributed by atoms with Crippen LogP contribution in [-0.2, 0) is 17.9 Å². The highest BCUT2D eigenvalue weighted by Crippen LogP contribution is 2.20. The van der Waals surface area contributed by atoms with Gasteiger partial charge in [-0.2, -0.15) is 0 Å². The van der Waals surface area contributed by atoms with Crippen molar-refractivity contribution in [1.82, 2.24) is 24.3 Å². The van der Waals surface area contributed by atoms with Gasteiger partial charge in [0.05, 0.1) is 11.7 Å². The normalized spacial score (nSPS) is 11.0. The molecule has 0 bridgehead atoms. The number of nitrogens with one attached hydrogen (secondary N) is 1. The lowest BCUT2D eigenvalue weighted by atomic mass is 10.2. The largest absolute Gasteiger partial charge is 0.325 e. The zero-order valence-electron chi connectivity index (χ0n) is 14.5. The van der Waals surface area contributed by atoms with E-state index in [1.807, 2.05) is 35.1 Å². The lowest BCUT2D eigenvalue weighted by molar-refractivity contribution is -0.116. The molecule has 0 unspecified atom stereocenters. The van der Waals surface area contributed by atoms with Gasteiger partial charge in [0.25, 0.3) is 5.56 Å². The third kappa shape index (κ3) is 3.36. The molecule has 136 valence electrons. The van der Waals surface area contributed by atoms with Crippen molar-refractivity contribution in [3.63, 3.8) is 0 Å². The van der Waals surface area contributed by atoms with Crippen LogP contribution in [0.4, 0.5) is 5.69 Å². The highest BCUT2D eigenvalue weighted by molar-refractivity contribution is 7.16. The Labute approximate surface area is 158 Å². The molecule has 0 aliphatic heterocycles. The van der Waals surface area contributed by atoms with Crippen molar-refractivity contribution in [3.05, 3.63) is 58.7 Å². The molecule has 4 rings (SSSR count). The number of hydrogen-bond acceptors (Lipinski definition) is 6. The summed E-state index contributed by atoms with van der Waals surface area (Å²) in [6, 6.07) is 9.08. The number of anilines is 1. The summed E-state index contributed by atoms with van der Waals surface area (Å²) in [5, 5.41) is 13.2. The van der Waals surface area contributed by atoms with Crippen LogP contribution < -0.4 is 10.9 Å². The van der Waals surface area contributed by atoms with E-state index in [4.69, 9.17) is 0 Å². The minimum absolute atomic E-state index is 0.104. The summed E-state index contributed by atoms with van der Waals surface area (Å²) in [6.07, 6.45) is 3.07. The number of amides is 1. The Morgan fingerprint density at radius 3 is 2.96 bits per heavy atom. The van der Waals surface area contributed by atoms with Crippen LogP contribution in [0.5, 0.6) is 0 Å². The van der Waals surface area contributed by atoms with Crippen LogP contribution in [-0.4, -0.2) is 30.2 Å². The number of rotatable bonds is 5. The second-order valence-electron chi connectivity index (χ2n) is 5.89. The van der Waals surface area contributed by atoms with Crippen LogP contribution in [0, 0.1) is 0 Å². The van der Waals surface area contributed by atoms with Crippen molar-refractivity contribution >= 4 is 33.1 Å². The summed E-state index contributed by atoms with van der Waals surface area (Å²) in [5.41, 5.74) is 1.26. The van der Waals surface area contributed by atoms with Crippen molar-refractivity contribution in [1.29, 1.82) is 0 Å². The van der Waals surface area contributed by atoms with Gasteiger partial charge >= 0.3 is 0 Å². The van der Waals surface area contributed by atoms with Crippen molar-refractivity contribution < 1.29 is 4.79 Å². The van der Waals surface area contributed by atoms with Gasteiger partial charge < -0.3 is 9.88 Å². The molecule has 0 aliphatic carbocycles. The Hall–Kier alpha value is -3.33. The minimum Gasteiger partial charge on any atom is -0.325 e. The van der Waals surface area contributed by atoms with Crippen LogP contribution in [0.25, 0.3) is 21.6 Å². The molecule has 27 heavy (non-hydrogen) atoms. The van der Waals surface area contributed by atoms with Crippen LogP contribution >= 0.6 is 11.3 Å². The van der Waals surface area contributed by atoms with Gasteiger partial charge in [-0.05, 0) is 30.5 Å². The first-order chi connectivity index (χ1) is 13.2. The lowest BCUT2D eigenvalue weighted by Crippen LogP contribution is -2.27. The van der Waals surface area contributed by atoms with Gasteiger partial charge in [0.2, 0.25) is 5.91 Å². The van der Waals surface area contributed by atoms with E-state index in [-0.39, 0.29) is 18.0 Å². The molecule has 0 atom stereocenters. The maximum atomic E-state index is 12.4. The van der Waals surface area contributed by atoms with E-state index in [1.165, 1.54) is 22.2 Å². The summed E-state index contributed by atoms with van der Waals surface area (Å²) in [7, 11) is 0. The van der Waals surface area contributed by atoms with E-state index in [2.05, 4.69) is 20.5 Å². The van der Waals surface area contributed by atoms with Gasteiger partial charge in [-0.3, -0.25) is 14.2 Å². The van der Waals surface area contributed by atoms with Gasteiger partial charge in [0.1, 0.15) is 17.7 Å². The van der Waals surface area contributed by atoms with Crippen molar-refractivity contribution in [3.8, 4) is 11.4 Å². The van der Waals surface area contributed by atoms with Crippen LogP contribution in [0.15, 0.2) is 53.2 Å². The maximum absolute atomic E-state index is 12.4. The molecule has 0 saturated heterocycles. The average Bonchev–Trinajstić information content (AvgIpc) is 3.33. The summed E-state index contributed by atoms with van der Waals surface area (Å²) in [5.74, 6) is 0.430. The average molecular weight is 380 g/mol. The third-order valence-electron chi connectivity index (χ3n) is 4.13. The van der Waals surface area contributed by atoms with Crippen LogP contribution in [0.2, 0.25) is 0 Å². The molecule has 4 aromatic rings. The number of thiophene rings is 1. The Morgan fingerprint density at radius 1 is 1.22 bits per heavy atom. The molecule has 0 radical (unpaired) electrons. The minimum atomic E-state index is -0.303. The molecule has 1 N–H and O–H groups in total. The van der Waals surface area contributed by atoms with Gasteiger partial charge in [-0.25, -0.2) is 4.98 Å². The number of hydrogen-bond donors (Lipinski definition) is 1. The van der Waals surface area contributed by atoms with E-state index >= 15 is 0 Å². The molecule has 0 fully saturated rings. The molecular weight excluding hydrogens is 364 g/mol. The van der Waals surface area contributed by atoms with Gasteiger partial charge in [0.15, 0.2) is 5.82 Å². The fourth-order valence-corrected chi connectivity index (χ4v) is 3.53. The van der Waals surface area contributed by atoms with E-state index in [0.717, 1.165) is 17.9 Å². The van der Waals surface area contributed by atoms with Gasteiger partial charge in [0, 0.05) is 17.8 Å². The first-order valence-electron chi connectivity index (χ1n) is 8.36. The number of nitrogens with zero attached hydrogens (tertiary/aromatic N) is 5. The van der Waals surface area contributed by atoms with Crippen molar-refractivity contribution in [2.45, 2.75) is 20.0 Å². The second kappa shape index (κ2) is 7.12. The first-order valence-corrected chi connectivity index (χ1v) is 9.24. The van der Waals surface area contributed by atoms with Gasteiger partial charge in [-0.1, -0.05) is 12.1 Å². The summed E-state index contributed by atoms with van der Waals surface area (Å²) < 4.78 is 3.23. The fraction of sp³-hybridized carbons (Fsp3) is 0.167. The Bertz CT molecular complexity index is 1180. The quantitative estimate of drug-likeness (QED) is 0.574. The predicted octanol–water partition coefficient (Wildman–Crippen LogP) is 2.38. The monoisotopic (exact) mass is 380 g/mol. The first kappa shape index (κ1) is 17.1. The lowest BCUT2D eigenvalue weighted by Gasteiger charge is -2.09. The number of aryl methyl sites for hydroxylation is 1. The van der Waals surface area contributed by atoms with Crippen LogP contribution in [0.3, 0.4) is 0 Å². The molecular formula is C18H16N6O2S. The van der Waals surface area contributed by atoms with Crippen molar-refractivity contribution in [2.24, 2.45) is 0 Å². The number of carbonyl (C=O) groups is 1. The molecule has 0 saturated carbocycles. The highest BCUT2D eigenvalue weighted by Gasteiger charge is 2.11. The molecule has 0 spiro atoms. The number of fused-ring (bicyclic) bond motifs is 1. The fourth-order valence-electron chi connectivity index (χ4n) is 2.81. The smallest absolute Gasteiger partial charge is 0.262 e. The zero-order chi connectivity index (χ0) is 18.8. The third-order valence-corrected chi connectivity index (χ3v) is 4.95. The standard InChI is InChI=1S/C18H16N6O2S/c1-2-23-11-20-22-16(23)12-4-3-5-13(8-12)21-15(25)9-24-10-19-17-14(18(24)26)6-7-27-17/h3-8,10-11H,2,9H2,1H3,(H,21,25). The molecule has 0 aliphatic rings. The SMILES string of the molecule is CCn1cnnc1-c1cccc(NC(=O)Cn2cnc3sccc3c2=O)c1. The molecule has 8 nitrogen and oxygen atoms in total. The second-order valence-corrected chi connectivity index (χ2v) is 6.78. The maximum Gasteiger partial charge on any atom is 0.262 e. The number of benzene rings is 1. The summed E-state index contributed by atoms with van der Waals surface area (Å²) in [6.45, 7) is 2.65. The van der Waals surface area contributed by atoms with Crippen molar-refractivity contribution in [2.75, 3.05) is 5.32 Å². The van der Waals surface area contributed by atoms with Crippen LogP contribution in [0.1, 0.15) is 6.92 Å². The zero-order valence-corrected chi connectivity index (χ0v) is 15.3. The molecule has 3 aromatic heterocycles. The molecule has 9 heteroatoms. The molecule has 1 aromatic carbocycles.